The fourth-order valence-electron chi connectivity index (χ4n) is 1.79. The van der Waals surface area contributed by atoms with Crippen molar-refractivity contribution in [2.75, 3.05) is 20.1 Å². The number of hydrogen-bond acceptors (Lipinski definition) is 3. The van der Waals surface area contributed by atoms with Crippen LogP contribution in [-0.2, 0) is 4.79 Å². The Morgan fingerprint density at radius 3 is 2.92 bits per heavy atom. The Hall–Kier alpha value is -0.410. The van der Waals surface area contributed by atoms with Crippen molar-refractivity contribution < 1.29 is 4.79 Å². The number of nitrogens with two attached hydrogens (primary N) is 1. The van der Waals surface area contributed by atoms with Crippen LogP contribution in [0, 0.1) is 0 Å². The van der Waals surface area contributed by atoms with Gasteiger partial charge in [0.25, 0.3) is 0 Å². The predicted octanol–water partition coefficient (Wildman–Crippen LogP) is 0.389. The molecule has 1 aliphatic rings. The second-order valence-electron chi connectivity index (χ2n) is 3.50. The molecule has 0 bridgehead atoms. The molecule has 0 radical (unpaired) electrons. The van der Waals surface area contributed by atoms with E-state index in [1.54, 1.807) is 0 Å². The summed E-state index contributed by atoms with van der Waals surface area (Å²) in [7, 11) is 2.03. The highest BCUT2D eigenvalue weighted by Gasteiger charge is 2.24. The lowest BCUT2D eigenvalue weighted by atomic mass is 9.98. The van der Waals surface area contributed by atoms with Crippen LogP contribution >= 0.6 is 0 Å². The van der Waals surface area contributed by atoms with Gasteiger partial charge in [-0.25, -0.2) is 0 Å². The van der Waals surface area contributed by atoms with Crippen molar-refractivity contribution >= 4 is 5.78 Å². The fourth-order valence-corrected chi connectivity index (χ4v) is 1.79. The van der Waals surface area contributed by atoms with Gasteiger partial charge in [-0.3, -0.25) is 9.69 Å². The SMILES string of the molecule is CN1CCCCC1C(=O)CCN. The summed E-state index contributed by atoms with van der Waals surface area (Å²) >= 11 is 0. The highest BCUT2D eigenvalue weighted by Crippen LogP contribution is 2.16. The minimum atomic E-state index is 0.155. The maximum Gasteiger partial charge on any atom is 0.151 e. The maximum absolute atomic E-state index is 11.5. The van der Waals surface area contributed by atoms with Gasteiger partial charge in [-0.1, -0.05) is 6.42 Å². The second kappa shape index (κ2) is 4.58. The van der Waals surface area contributed by atoms with Crippen LogP contribution in [0.1, 0.15) is 25.7 Å². The summed E-state index contributed by atoms with van der Waals surface area (Å²) in [5.74, 6) is 0.319. The number of nitrogens with zero attached hydrogens (tertiary/aromatic N) is 1. The quantitative estimate of drug-likeness (QED) is 0.666. The minimum Gasteiger partial charge on any atom is -0.330 e. The van der Waals surface area contributed by atoms with E-state index in [0.29, 0.717) is 18.7 Å². The summed E-state index contributed by atoms with van der Waals surface area (Å²) in [6, 6.07) is 0.155. The molecule has 1 aliphatic heterocycles. The summed E-state index contributed by atoms with van der Waals surface area (Å²) < 4.78 is 0. The first-order chi connectivity index (χ1) is 5.75. The normalized spacial score (nSPS) is 25.7. The molecule has 12 heavy (non-hydrogen) atoms. The lowest BCUT2D eigenvalue weighted by Gasteiger charge is -2.31. The van der Waals surface area contributed by atoms with Gasteiger partial charge in [-0.15, -0.1) is 0 Å². The van der Waals surface area contributed by atoms with E-state index in [-0.39, 0.29) is 6.04 Å². The number of rotatable bonds is 3. The zero-order valence-corrected chi connectivity index (χ0v) is 7.75. The molecule has 0 aromatic carbocycles. The molecule has 70 valence electrons. The Morgan fingerprint density at radius 2 is 2.33 bits per heavy atom. The van der Waals surface area contributed by atoms with Gasteiger partial charge in [0.15, 0.2) is 5.78 Å². The molecule has 0 spiro atoms. The summed E-state index contributed by atoms with van der Waals surface area (Å²) in [5.41, 5.74) is 5.34. The Kier molecular flexibility index (Phi) is 3.69. The third-order valence-corrected chi connectivity index (χ3v) is 2.53. The molecule has 3 nitrogen and oxygen atoms in total. The molecule has 1 heterocycles. The van der Waals surface area contributed by atoms with Gasteiger partial charge in [0.05, 0.1) is 6.04 Å². The van der Waals surface area contributed by atoms with Crippen molar-refractivity contribution in [3.63, 3.8) is 0 Å². The van der Waals surface area contributed by atoms with Crippen molar-refractivity contribution in [1.29, 1.82) is 0 Å². The van der Waals surface area contributed by atoms with Crippen LogP contribution in [0.3, 0.4) is 0 Å². The van der Waals surface area contributed by atoms with Gasteiger partial charge in [-0.05, 0) is 33.0 Å². The number of ketones is 1. The number of piperidine rings is 1. The number of carbonyl (C=O) groups is 1. The van der Waals surface area contributed by atoms with Crippen molar-refractivity contribution in [3.05, 3.63) is 0 Å². The van der Waals surface area contributed by atoms with Gasteiger partial charge in [-0.2, -0.15) is 0 Å². The lowest BCUT2D eigenvalue weighted by Crippen LogP contribution is -2.42. The zero-order chi connectivity index (χ0) is 8.97. The molecule has 0 amide bonds. The van der Waals surface area contributed by atoms with Crippen LogP contribution in [0.4, 0.5) is 0 Å². The summed E-state index contributed by atoms with van der Waals surface area (Å²) in [5, 5.41) is 0. The number of likely N-dealkylation sites (tertiary alicyclic amines) is 1. The van der Waals surface area contributed by atoms with E-state index >= 15 is 0 Å². The Bertz CT molecular complexity index is 159. The molecule has 1 unspecified atom stereocenters. The van der Waals surface area contributed by atoms with E-state index in [0.717, 1.165) is 13.0 Å². The highest BCUT2D eigenvalue weighted by molar-refractivity contribution is 5.84. The van der Waals surface area contributed by atoms with Gasteiger partial charge >= 0.3 is 0 Å². The second-order valence-corrected chi connectivity index (χ2v) is 3.50. The molecule has 0 aromatic heterocycles. The topological polar surface area (TPSA) is 46.3 Å². The largest absolute Gasteiger partial charge is 0.330 e. The van der Waals surface area contributed by atoms with Crippen LogP contribution in [-0.4, -0.2) is 36.9 Å². The molecule has 0 aromatic rings. The lowest BCUT2D eigenvalue weighted by molar-refractivity contribution is -0.124. The van der Waals surface area contributed by atoms with E-state index in [1.807, 2.05) is 7.05 Å². The van der Waals surface area contributed by atoms with E-state index in [4.69, 9.17) is 5.73 Å². The maximum atomic E-state index is 11.5. The monoisotopic (exact) mass is 170 g/mol. The highest BCUT2D eigenvalue weighted by atomic mass is 16.1. The first kappa shape index (κ1) is 9.68. The average molecular weight is 170 g/mol. The van der Waals surface area contributed by atoms with E-state index in [2.05, 4.69) is 4.90 Å². The Labute approximate surface area is 73.9 Å². The summed E-state index contributed by atoms with van der Waals surface area (Å²) in [4.78, 5) is 13.6. The molecule has 1 rings (SSSR count). The molecular weight excluding hydrogens is 152 g/mol. The number of likely N-dealkylation sites (N-methyl/N-ethyl adjacent to an activating group) is 1. The molecule has 1 saturated heterocycles. The van der Waals surface area contributed by atoms with E-state index in [1.165, 1.54) is 12.8 Å². The average Bonchev–Trinajstić information content (AvgIpc) is 2.05. The van der Waals surface area contributed by atoms with Crippen molar-refractivity contribution in [2.45, 2.75) is 31.7 Å². The summed E-state index contributed by atoms with van der Waals surface area (Å²) in [6.07, 6.45) is 3.97. The van der Waals surface area contributed by atoms with Gasteiger partial charge in [0.2, 0.25) is 0 Å². The molecule has 0 aliphatic carbocycles. The van der Waals surface area contributed by atoms with Crippen LogP contribution in [0.5, 0.6) is 0 Å². The summed E-state index contributed by atoms with van der Waals surface area (Å²) in [6.45, 7) is 1.55. The standard InChI is InChI=1S/C9H18N2O/c1-11-7-3-2-4-8(11)9(12)5-6-10/h8H,2-7,10H2,1H3. The van der Waals surface area contributed by atoms with Gasteiger partial charge < -0.3 is 5.73 Å². The predicted molar refractivity (Wildman–Crippen MR) is 48.9 cm³/mol. The van der Waals surface area contributed by atoms with Crippen molar-refractivity contribution in [1.82, 2.24) is 4.90 Å². The van der Waals surface area contributed by atoms with Crippen molar-refractivity contribution in [3.8, 4) is 0 Å². The van der Waals surface area contributed by atoms with Crippen LogP contribution in [0.25, 0.3) is 0 Å². The Balaban J connectivity index is 2.42. The number of hydrogen-bond donors (Lipinski definition) is 1. The molecule has 1 fully saturated rings. The smallest absolute Gasteiger partial charge is 0.151 e. The number of Topliss-reactive ketones (excluding diaryl/α,β-unsaturated/α-hetero) is 1. The third kappa shape index (κ3) is 2.29. The van der Waals surface area contributed by atoms with Gasteiger partial charge in [0.1, 0.15) is 0 Å². The molecule has 1 atom stereocenters. The molecule has 2 N–H and O–H groups in total. The Morgan fingerprint density at radius 1 is 1.58 bits per heavy atom. The van der Waals surface area contributed by atoms with Gasteiger partial charge in [0, 0.05) is 6.42 Å². The third-order valence-electron chi connectivity index (χ3n) is 2.53. The van der Waals surface area contributed by atoms with Crippen LogP contribution in [0.2, 0.25) is 0 Å². The molecule has 3 heteroatoms. The number of carbonyl (C=O) groups excluding carboxylic acids is 1. The van der Waals surface area contributed by atoms with Crippen molar-refractivity contribution in [2.24, 2.45) is 5.73 Å². The van der Waals surface area contributed by atoms with Crippen LogP contribution < -0.4 is 5.73 Å². The first-order valence-electron chi connectivity index (χ1n) is 4.68. The molecular formula is C9H18N2O. The fraction of sp³-hybridized carbons (Fsp3) is 0.889. The molecule has 0 saturated carbocycles. The van der Waals surface area contributed by atoms with E-state index < -0.39 is 0 Å². The van der Waals surface area contributed by atoms with E-state index in [9.17, 15) is 4.79 Å². The zero-order valence-electron chi connectivity index (χ0n) is 7.75. The first-order valence-corrected chi connectivity index (χ1v) is 4.68. The minimum absolute atomic E-state index is 0.155. The van der Waals surface area contributed by atoms with Crippen LogP contribution in [0.15, 0.2) is 0 Å².